The van der Waals surface area contributed by atoms with Gasteiger partial charge in [-0.25, -0.2) is 4.39 Å². The molecule has 0 unspecified atom stereocenters. The van der Waals surface area contributed by atoms with E-state index < -0.39 is 0 Å². The largest absolute Gasteiger partial charge is 0.349 e. The normalized spacial score (nSPS) is 14.9. The van der Waals surface area contributed by atoms with Crippen molar-refractivity contribution in [3.8, 4) is 0 Å². The van der Waals surface area contributed by atoms with Crippen LogP contribution in [0, 0.1) is 5.82 Å². The smallest absolute Gasteiger partial charge is 0.268 e. The summed E-state index contributed by atoms with van der Waals surface area (Å²) in [5, 5.41) is 3.03. The summed E-state index contributed by atoms with van der Waals surface area (Å²) in [4.78, 5) is 15.2. The molecule has 1 aromatic carbocycles. The highest BCUT2D eigenvalue weighted by atomic mass is 79.9. The van der Waals surface area contributed by atoms with Crippen molar-refractivity contribution < 1.29 is 9.18 Å². The van der Waals surface area contributed by atoms with E-state index >= 15 is 0 Å². The number of rotatable bonds is 6. The lowest BCUT2D eigenvalue weighted by molar-refractivity contribution is 0.0941. The highest BCUT2D eigenvalue weighted by molar-refractivity contribution is 9.11. The number of nitrogens with zero attached hydrogens (tertiary/aromatic N) is 2. The molecule has 0 bridgehead atoms. The highest BCUT2D eigenvalue weighted by Crippen LogP contribution is 2.33. The monoisotopic (exact) mass is 449 g/mol. The lowest BCUT2D eigenvalue weighted by Gasteiger charge is -2.15. The minimum absolute atomic E-state index is 0.106. The van der Waals surface area contributed by atoms with Crippen molar-refractivity contribution >= 4 is 43.4 Å². The number of carbonyl (C=O) groups is 1. The predicted molar refractivity (Wildman–Crippen MR) is 111 cm³/mol. The Morgan fingerprint density at radius 2 is 2.00 bits per heavy atom. The van der Waals surface area contributed by atoms with Crippen LogP contribution in [0.15, 0.2) is 40.2 Å². The van der Waals surface area contributed by atoms with Crippen molar-refractivity contribution in [2.75, 3.05) is 26.2 Å². The molecule has 0 radical (unpaired) electrons. The van der Waals surface area contributed by atoms with Crippen LogP contribution in [0.1, 0.15) is 28.9 Å². The molecular formula is C20H21BrFN3OS. The first-order valence-corrected chi connectivity index (χ1v) is 10.8. The summed E-state index contributed by atoms with van der Waals surface area (Å²) in [6.45, 7) is 4.06. The van der Waals surface area contributed by atoms with E-state index in [1.807, 2.05) is 22.8 Å². The summed E-state index contributed by atoms with van der Waals surface area (Å²) in [7, 11) is 0. The standard InChI is InChI=1S/C20H21BrFN3OS/c21-19-12-16-18(27-19)11-17(20(26)23-7-10-24-8-3-4-9-24)25(16)13-14-5-1-2-6-15(14)22/h1-2,5-6,11-12H,3-4,7-10,13H2,(H,23,26). The van der Waals surface area contributed by atoms with E-state index in [0.717, 1.165) is 33.6 Å². The fraction of sp³-hybridized carbons (Fsp3) is 0.350. The van der Waals surface area contributed by atoms with Gasteiger partial charge in [-0.3, -0.25) is 4.79 Å². The van der Waals surface area contributed by atoms with E-state index in [9.17, 15) is 9.18 Å². The van der Waals surface area contributed by atoms with E-state index in [1.165, 1.54) is 18.9 Å². The van der Waals surface area contributed by atoms with Gasteiger partial charge in [-0.05, 0) is 60.1 Å². The molecule has 1 saturated heterocycles. The Hall–Kier alpha value is -1.70. The molecule has 1 aliphatic heterocycles. The van der Waals surface area contributed by atoms with E-state index in [0.29, 0.717) is 24.3 Å². The van der Waals surface area contributed by atoms with Gasteiger partial charge in [0.05, 0.1) is 20.5 Å². The molecule has 1 fully saturated rings. The Morgan fingerprint density at radius 1 is 1.22 bits per heavy atom. The third-order valence-corrected chi connectivity index (χ3v) is 6.57. The maximum Gasteiger partial charge on any atom is 0.268 e. The first kappa shape index (κ1) is 18.7. The van der Waals surface area contributed by atoms with Crippen LogP contribution >= 0.6 is 27.3 Å². The molecular weight excluding hydrogens is 429 g/mol. The molecule has 0 atom stereocenters. The Balaban J connectivity index is 1.56. The van der Waals surface area contributed by atoms with Crippen molar-refractivity contribution in [1.29, 1.82) is 0 Å². The van der Waals surface area contributed by atoms with Gasteiger partial charge in [0.15, 0.2) is 0 Å². The molecule has 4 rings (SSSR count). The van der Waals surface area contributed by atoms with Gasteiger partial charge in [-0.1, -0.05) is 18.2 Å². The van der Waals surface area contributed by atoms with Gasteiger partial charge in [0.2, 0.25) is 0 Å². The SMILES string of the molecule is O=C(NCCN1CCCC1)c1cc2sc(Br)cc2n1Cc1ccccc1F. The summed E-state index contributed by atoms with van der Waals surface area (Å²) in [6.07, 6.45) is 2.48. The Labute approximate surface area is 170 Å². The van der Waals surface area contributed by atoms with Crippen LogP contribution in [0.4, 0.5) is 4.39 Å². The van der Waals surface area contributed by atoms with Crippen molar-refractivity contribution in [3.05, 3.63) is 57.3 Å². The van der Waals surface area contributed by atoms with E-state index in [-0.39, 0.29) is 11.7 Å². The maximum absolute atomic E-state index is 14.2. The molecule has 7 heteroatoms. The number of halogens is 2. The second-order valence-electron chi connectivity index (χ2n) is 6.81. The molecule has 142 valence electrons. The van der Waals surface area contributed by atoms with E-state index in [2.05, 4.69) is 26.1 Å². The number of thiophene rings is 1. The summed E-state index contributed by atoms with van der Waals surface area (Å²) in [6, 6.07) is 10.6. The quantitative estimate of drug-likeness (QED) is 0.602. The van der Waals surface area contributed by atoms with Gasteiger partial charge in [-0.2, -0.15) is 0 Å². The van der Waals surface area contributed by atoms with Crippen LogP contribution in [-0.4, -0.2) is 41.6 Å². The van der Waals surface area contributed by atoms with Gasteiger partial charge < -0.3 is 14.8 Å². The fourth-order valence-electron chi connectivity index (χ4n) is 3.59. The van der Waals surface area contributed by atoms with Crippen LogP contribution in [0.3, 0.4) is 0 Å². The third kappa shape index (κ3) is 4.10. The molecule has 1 N–H and O–H groups in total. The third-order valence-electron chi connectivity index (χ3n) is 4.99. The van der Waals surface area contributed by atoms with Crippen molar-refractivity contribution in [2.24, 2.45) is 0 Å². The zero-order valence-corrected chi connectivity index (χ0v) is 17.3. The zero-order valence-electron chi connectivity index (χ0n) is 14.9. The number of fused-ring (bicyclic) bond motifs is 1. The van der Waals surface area contributed by atoms with Crippen LogP contribution in [0.5, 0.6) is 0 Å². The number of amides is 1. The Bertz CT molecular complexity index is 961. The van der Waals surface area contributed by atoms with Crippen molar-refractivity contribution in [2.45, 2.75) is 19.4 Å². The number of carbonyl (C=O) groups excluding carboxylic acids is 1. The van der Waals surface area contributed by atoms with Gasteiger partial charge >= 0.3 is 0 Å². The van der Waals surface area contributed by atoms with E-state index in [4.69, 9.17) is 0 Å². The molecule has 0 saturated carbocycles. The molecule has 1 amide bonds. The molecule has 0 spiro atoms. The molecule has 1 aliphatic rings. The molecule has 2 aromatic heterocycles. The highest BCUT2D eigenvalue weighted by Gasteiger charge is 2.19. The summed E-state index contributed by atoms with van der Waals surface area (Å²) in [5.41, 5.74) is 2.09. The van der Waals surface area contributed by atoms with Gasteiger partial charge in [0.25, 0.3) is 5.91 Å². The molecule has 3 heterocycles. The first-order chi connectivity index (χ1) is 13.1. The number of hydrogen-bond acceptors (Lipinski definition) is 3. The number of aromatic nitrogens is 1. The molecule has 4 nitrogen and oxygen atoms in total. The zero-order chi connectivity index (χ0) is 18.8. The average Bonchev–Trinajstić information content (AvgIpc) is 3.34. The number of likely N-dealkylation sites (tertiary alicyclic amines) is 1. The maximum atomic E-state index is 14.2. The Morgan fingerprint density at radius 3 is 2.78 bits per heavy atom. The van der Waals surface area contributed by atoms with E-state index in [1.54, 1.807) is 23.5 Å². The lowest BCUT2D eigenvalue weighted by atomic mass is 10.2. The minimum atomic E-state index is -0.256. The van der Waals surface area contributed by atoms with Crippen LogP contribution in [-0.2, 0) is 6.54 Å². The van der Waals surface area contributed by atoms with Crippen LogP contribution < -0.4 is 5.32 Å². The van der Waals surface area contributed by atoms with Gasteiger partial charge in [0.1, 0.15) is 11.5 Å². The van der Waals surface area contributed by atoms with Crippen molar-refractivity contribution in [3.63, 3.8) is 0 Å². The van der Waals surface area contributed by atoms with Gasteiger partial charge in [-0.15, -0.1) is 11.3 Å². The topological polar surface area (TPSA) is 37.3 Å². The molecule has 0 aliphatic carbocycles. The van der Waals surface area contributed by atoms with Gasteiger partial charge in [0, 0.05) is 18.7 Å². The fourth-order valence-corrected chi connectivity index (χ4v) is 5.16. The van der Waals surface area contributed by atoms with Crippen LogP contribution in [0.25, 0.3) is 10.2 Å². The van der Waals surface area contributed by atoms with Crippen molar-refractivity contribution in [1.82, 2.24) is 14.8 Å². The average molecular weight is 450 g/mol. The number of nitrogens with one attached hydrogen (secondary N) is 1. The lowest BCUT2D eigenvalue weighted by Crippen LogP contribution is -2.34. The summed E-state index contributed by atoms with van der Waals surface area (Å²) >= 11 is 5.08. The second kappa shape index (κ2) is 8.12. The first-order valence-electron chi connectivity index (χ1n) is 9.14. The molecule has 3 aromatic rings. The number of benzene rings is 1. The minimum Gasteiger partial charge on any atom is -0.349 e. The predicted octanol–water partition coefficient (Wildman–Crippen LogP) is 4.48. The Kier molecular flexibility index (Phi) is 5.61. The summed E-state index contributed by atoms with van der Waals surface area (Å²) in [5.74, 6) is -0.362. The summed E-state index contributed by atoms with van der Waals surface area (Å²) < 4.78 is 18.1. The second-order valence-corrected chi connectivity index (χ2v) is 9.27. The molecule has 27 heavy (non-hydrogen) atoms. The van der Waals surface area contributed by atoms with Crippen LogP contribution in [0.2, 0.25) is 0 Å². The number of hydrogen-bond donors (Lipinski definition) is 1.